The van der Waals surface area contributed by atoms with Gasteiger partial charge >= 0.3 is 51.4 Å². The van der Waals surface area contributed by atoms with Gasteiger partial charge in [0.05, 0.1) is 22.5 Å². The summed E-state index contributed by atoms with van der Waals surface area (Å²) in [4.78, 5) is 0. The van der Waals surface area contributed by atoms with Crippen molar-refractivity contribution in [2.24, 2.45) is 0 Å². The van der Waals surface area contributed by atoms with Crippen LogP contribution in [0.15, 0.2) is 0 Å². The minimum absolute atomic E-state index is 0. The predicted molar refractivity (Wildman–Crippen MR) is 53.4 cm³/mol. The minimum Gasteiger partial charge on any atom is -0.748 e. The third-order valence-corrected chi connectivity index (χ3v) is 2.85. The average Bonchev–Trinajstić information content (AvgIpc) is 2.14. The Kier molecular flexibility index (Phi) is 13.6. The number of rotatable bonds is 9. The largest absolute Gasteiger partial charge is 1.00 e. The molecule has 3 nitrogen and oxygen atoms in total. The SMILES string of the molecule is O=S(=O)([O-])CC(F)C(F)CCCCCCF.[K+]. The van der Waals surface area contributed by atoms with Crippen molar-refractivity contribution in [1.82, 2.24) is 0 Å². The zero-order valence-electron chi connectivity index (χ0n) is 9.87. The molecule has 0 amide bonds. The average molecular weight is 300 g/mol. The number of hydrogen-bond donors (Lipinski definition) is 0. The second-order valence-electron chi connectivity index (χ2n) is 3.65. The van der Waals surface area contributed by atoms with E-state index in [0.29, 0.717) is 25.7 Å². The van der Waals surface area contributed by atoms with Crippen LogP contribution in [0.5, 0.6) is 0 Å². The van der Waals surface area contributed by atoms with E-state index in [0.717, 1.165) is 0 Å². The smallest absolute Gasteiger partial charge is 0.748 e. The van der Waals surface area contributed by atoms with Crippen LogP contribution in [0.4, 0.5) is 13.2 Å². The van der Waals surface area contributed by atoms with Crippen LogP contribution >= 0.6 is 0 Å². The minimum atomic E-state index is -4.72. The van der Waals surface area contributed by atoms with Crippen molar-refractivity contribution in [3.63, 3.8) is 0 Å². The Morgan fingerprint density at radius 3 is 2.00 bits per heavy atom. The molecule has 17 heavy (non-hydrogen) atoms. The van der Waals surface area contributed by atoms with Gasteiger partial charge in [0, 0.05) is 0 Å². The number of hydrogen-bond acceptors (Lipinski definition) is 3. The molecule has 0 heterocycles. The molecule has 0 saturated carbocycles. The Hall–Kier alpha value is 1.34. The van der Waals surface area contributed by atoms with Gasteiger partial charge in [0.15, 0.2) is 0 Å². The maximum atomic E-state index is 13.0. The molecule has 2 unspecified atom stereocenters. The fourth-order valence-corrected chi connectivity index (χ4v) is 1.87. The van der Waals surface area contributed by atoms with Crippen molar-refractivity contribution < 1.29 is 77.5 Å². The van der Waals surface area contributed by atoms with Crippen molar-refractivity contribution in [3.05, 3.63) is 0 Å². The fourth-order valence-electron chi connectivity index (χ4n) is 1.27. The van der Waals surface area contributed by atoms with Gasteiger partial charge in [-0.25, -0.2) is 17.2 Å². The summed E-state index contributed by atoms with van der Waals surface area (Å²) in [5.74, 6) is -1.32. The summed E-state index contributed by atoms with van der Waals surface area (Å²) < 4.78 is 68.0. The monoisotopic (exact) mass is 300 g/mol. The summed E-state index contributed by atoms with van der Waals surface area (Å²) in [6.07, 6.45) is -2.41. The van der Waals surface area contributed by atoms with Crippen molar-refractivity contribution in [2.45, 2.75) is 44.4 Å². The predicted octanol–water partition coefficient (Wildman–Crippen LogP) is -0.868. The molecule has 0 rings (SSSR count). The van der Waals surface area contributed by atoms with Crippen molar-refractivity contribution in [1.29, 1.82) is 0 Å². The summed E-state index contributed by atoms with van der Waals surface area (Å²) in [7, 11) is -4.72. The van der Waals surface area contributed by atoms with Gasteiger partial charge in [0.2, 0.25) is 0 Å². The molecule has 0 radical (unpaired) electrons. The fraction of sp³-hybridized carbons (Fsp3) is 1.00. The standard InChI is InChI=1S/C9H17F3O3S.K/c10-6-4-2-1-3-5-8(11)9(12)7-16(13,14)15;/h8-9H,1-7H2,(H,13,14,15);/q;+1/p-1. The molecule has 0 fully saturated rings. The Bertz CT molecular complexity index is 275. The van der Waals surface area contributed by atoms with E-state index in [9.17, 15) is 26.1 Å². The first kappa shape index (κ1) is 20.6. The Labute approximate surface area is 143 Å². The second kappa shape index (κ2) is 11.2. The Morgan fingerprint density at radius 1 is 1.00 bits per heavy atom. The van der Waals surface area contributed by atoms with Gasteiger partial charge in [0.25, 0.3) is 0 Å². The van der Waals surface area contributed by atoms with Crippen LogP contribution in [0.2, 0.25) is 0 Å². The molecule has 8 heteroatoms. The van der Waals surface area contributed by atoms with E-state index in [1.54, 1.807) is 0 Å². The third kappa shape index (κ3) is 13.6. The van der Waals surface area contributed by atoms with Gasteiger partial charge in [-0.15, -0.1) is 0 Å². The summed E-state index contributed by atoms with van der Waals surface area (Å²) in [5, 5.41) is 0. The Balaban J connectivity index is 0. The van der Waals surface area contributed by atoms with Crippen LogP contribution < -0.4 is 51.4 Å². The summed E-state index contributed by atoms with van der Waals surface area (Å²) in [6.45, 7) is -0.431. The molecule has 0 bridgehead atoms. The molecule has 0 N–H and O–H groups in total. The zero-order valence-corrected chi connectivity index (χ0v) is 13.8. The summed E-state index contributed by atoms with van der Waals surface area (Å²) in [5.41, 5.74) is 0. The molecule has 0 aromatic carbocycles. The number of halogens is 3. The van der Waals surface area contributed by atoms with Crippen molar-refractivity contribution in [3.8, 4) is 0 Å². The van der Waals surface area contributed by atoms with Crippen LogP contribution in [0, 0.1) is 0 Å². The molecule has 0 aliphatic rings. The van der Waals surface area contributed by atoms with E-state index in [2.05, 4.69) is 0 Å². The molecule has 0 aromatic rings. The molecule has 98 valence electrons. The van der Waals surface area contributed by atoms with E-state index >= 15 is 0 Å². The van der Waals surface area contributed by atoms with E-state index < -0.39 is 34.9 Å². The van der Waals surface area contributed by atoms with Crippen LogP contribution in [-0.2, 0) is 10.1 Å². The first-order valence-electron chi connectivity index (χ1n) is 5.14. The summed E-state index contributed by atoms with van der Waals surface area (Å²) in [6, 6.07) is 0. The van der Waals surface area contributed by atoms with Gasteiger partial charge in [-0.1, -0.05) is 19.3 Å². The molecule has 0 saturated heterocycles. The van der Waals surface area contributed by atoms with Gasteiger partial charge in [-0.05, 0) is 12.8 Å². The molecule has 0 aliphatic heterocycles. The van der Waals surface area contributed by atoms with E-state index in [4.69, 9.17) is 0 Å². The normalized spacial score (nSPS) is 15.1. The van der Waals surface area contributed by atoms with Gasteiger partial charge in [-0.2, -0.15) is 0 Å². The van der Waals surface area contributed by atoms with E-state index in [1.165, 1.54) is 0 Å². The molecule has 0 aromatic heterocycles. The second-order valence-corrected chi connectivity index (χ2v) is 5.10. The number of unbranched alkanes of at least 4 members (excludes halogenated alkanes) is 3. The Morgan fingerprint density at radius 2 is 1.53 bits per heavy atom. The molecular formula is C9H16F3KO3S. The van der Waals surface area contributed by atoms with Crippen molar-refractivity contribution in [2.75, 3.05) is 12.4 Å². The van der Waals surface area contributed by atoms with Gasteiger partial charge in [-0.3, -0.25) is 4.39 Å². The van der Waals surface area contributed by atoms with E-state index in [-0.39, 0.29) is 57.8 Å². The number of alkyl halides is 3. The van der Waals surface area contributed by atoms with Crippen LogP contribution in [0.1, 0.15) is 32.1 Å². The van der Waals surface area contributed by atoms with Gasteiger partial charge < -0.3 is 4.55 Å². The first-order chi connectivity index (χ1) is 7.37. The molecular weight excluding hydrogens is 284 g/mol. The molecule has 0 aliphatic carbocycles. The van der Waals surface area contributed by atoms with Crippen LogP contribution in [0.25, 0.3) is 0 Å². The van der Waals surface area contributed by atoms with Crippen LogP contribution in [-0.4, -0.2) is 37.7 Å². The molecule has 2 atom stereocenters. The van der Waals surface area contributed by atoms with Crippen molar-refractivity contribution >= 4 is 10.1 Å². The topological polar surface area (TPSA) is 57.2 Å². The first-order valence-corrected chi connectivity index (χ1v) is 6.72. The zero-order chi connectivity index (χ0) is 12.6. The third-order valence-electron chi connectivity index (χ3n) is 2.12. The maximum absolute atomic E-state index is 13.0. The summed E-state index contributed by atoms with van der Waals surface area (Å²) >= 11 is 0. The van der Waals surface area contributed by atoms with Crippen LogP contribution in [0.3, 0.4) is 0 Å². The molecule has 0 spiro atoms. The van der Waals surface area contributed by atoms with Gasteiger partial charge in [0.1, 0.15) is 12.3 Å². The maximum Gasteiger partial charge on any atom is 1.00 e. The van der Waals surface area contributed by atoms with E-state index in [1.807, 2.05) is 0 Å². The quantitative estimate of drug-likeness (QED) is 0.316.